The minimum atomic E-state index is -6.05. The minimum Gasteiger partial charge on any atom is -0.375 e. The molecule has 0 aromatic heterocycles. The Kier molecular flexibility index (Phi) is 7.33. The smallest absolute Gasteiger partial charge is 0.375 e. The van der Waals surface area contributed by atoms with Crippen molar-refractivity contribution in [1.29, 1.82) is 0 Å². The lowest BCUT2D eigenvalue weighted by atomic mass is 9.85. The summed E-state index contributed by atoms with van der Waals surface area (Å²) in [6, 6.07) is 21.7. The van der Waals surface area contributed by atoms with Crippen LogP contribution in [0.1, 0.15) is 5.56 Å². The molecule has 0 aliphatic carbocycles. The van der Waals surface area contributed by atoms with Gasteiger partial charge in [0.1, 0.15) is 0 Å². The predicted octanol–water partition coefficient (Wildman–Crippen LogP) is 8.09. The first-order chi connectivity index (χ1) is 20.0. The molecule has 224 valence electrons. The van der Waals surface area contributed by atoms with E-state index in [0.717, 1.165) is 12.1 Å². The molecule has 0 N–H and O–H groups in total. The van der Waals surface area contributed by atoms with Gasteiger partial charge in [0.05, 0.1) is 0 Å². The number of hydrogen-bond donors (Lipinski definition) is 0. The molecule has 0 saturated heterocycles. The van der Waals surface area contributed by atoms with Crippen molar-refractivity contribution in [2.24, 2.45) is 0 Å². The zero-order valence-corrected chi connectivity index (χ0v) is 23.3. The average molecular weight is 641 g/mol. The number of alkyl halides is 6. The molecule has 0 saturated carbocycles. The molecule has 5 rings (SSSR count). The van der Waals surface area contributed by atoms with Crippen molar-refractivity contribution in [2.45, 2.75) is 17.9 Å². The summed E-state index contributed by atoms with van der Waals surface area (Å²) in [7, 11) is -12.1. The Labute approximate surface area is 241 Å². The maximum Gasteiger partial charge on any atom is 0.534 e. The molecule has 0 atom stereocenters. The molecule has 43 heavy (non-hydrogen) atoms. The molecule has 5 aromatic carbocycles. The Bertz CT molecular complexity index is 2100. The van der Waals surface area contributed by atoms with Gasteiger partial charge in [0.15, 0.2) is 11.5 Å². The maximum absolute atomic E-state index is 13.2. The van der Waals surface area contributed by atoms with E-state index in [-0.39, 0.29) is 22.3 Å². The molecule has 0 fully saturated rings. The van der Waals surface area contributed by atoms with E-state index in [2.05, 4.69) is 8.37 Å². The molecule has 0 amide bonds. The van der Waals surface area contributed by atoms with Gasteiger partial charge in [-0.3, -0.25) is 0 Å². The zero-order chi connectivity index (χ0) is 31.4. The number of fused-ring (bicyclic) bond motifs is 2. The topological polar surface area (TPSA) is 86.7 Å². The Hall–Kier alpha value is -4.30. The summed E-state index contributed by atoms with van der Waals surface area (Å²) in [4.78, 5) is 0. The lowest BCUT2D eigenvalue weighted by molar-refractivity contribution is -0.0504. The molecular formula is C29H18F6O6S2. The quantitative estimate of drug-likeness (QED) is 0.0807. The third kappa shape index (κ3) is 5.47. The van der Waals surface area contributed by atoms with Gasteiger partial charge in [-0.1, -0.05) is 84.4 Å². The molecule has 0 spiro atoms. The Morgan fingerprint density at radius 1 is 0.512 bits per heavy atom. The first-order valence-electron chi connectivity index (χ1n) is 12.2. The standard InChI is InChI=1S/C29H18F6O6S2/c1-17-14-15-20-23(16-17)27(22-11-5-7-13-25(22)41-43(38,39)29(33,34)35)19-9-3-2-8-18(19)26(20)21-10-4-6-12-24(21)40-42(36,37)28(30,31)32/h2-16H,1H3. The van der Waals surface area contributed by atoms with Crippen LogP contribution in [0.2, 0.25) is 0 Å². The zero-order valence-electron chi connectivity index (χ0n) is 21.7. The van der Waals surface area contributed by atoms with Crippen LogP contribution in [-0.4, -0.2) is 27.9 Å². The lowest BCUT2D eigenvalue weighted by Crippen LogP contribution is -2.28. The molecule has 14 heteroatoms. The number of rotatable bonds is 6. The first-order valence-corrected chi connectivity index (χ1v) is 15.0. The second kappa shape index (κ2) is 10.5. The van der Waals surface area contributed by atoms with Gasteiger partial charge < -0.3 is 8.37 Å². The molecular weight excluding hydrogens is 622 g/mol. The summed E-state index contributed by atoms with van der Waals surface area (Å²) in [5.41, 5.74) is -10.2. The highest BCUT2D eigenvalue weighted by atomic mass is 32.2. The fourth-order valence-electron chi connectivity index (χ4n) is 4.70. The van der Waals surface area contributed by atoms with Crippen LogP contribution in [0.4, 0.5) is 26.3 Å². The van der Waals surface area contributed by atoms with Gasteiger partial charge in [0, 0.05) is 22.3 Å². The average Bonchev–Trinajstić information content (AvgIpc) is 2.91. The lowest BCUT2D eigenvalue weighted by Gasteiger charge is -2.21. The third-order valence-corrected chi connectivity index (χ3v) is 8.39. The summed E-state index contributed by atoms with van der Waals surface area (Å²) in [5.74, 6) is -1.22. The van der Waals surface area contributed by atoms with E-state index >= 15 is 0 Å². The van der Waals surface area contributed by atoms with Crippen molar-refractivity contribution in [3.63, 3.8) is 0 Å². The van der Waals surface area contributed by atoms with Crippen molar-refractivity contribution in [2.75, 3.05) is 0 Å². The van der Waals surface area contributed by atoms with E-state index in [0.29, 0.717) is 27.1 Å². The van der Waals surface area contributed by atoms with Crippen LogP contribution in [0.15, 0.2) is 91.0 Å². The van der Waals surface area contributed by atoms with Gasteiger partial charge in [0.25, 0.3) is 0 Å². The van der Waals surface area contributed by atoms with Gasteiger partial charge in [-0.25, -0.2) is 0 Å². The van der Waals surface area contributed by atoms with E-state index < -0.39 is 42.8 Å². The van der Waals surface area contributed by atoms with E-state index in [9.17, 15) is 43.2 Å². The van der Waals surface area contributed by atoms with Crippen LogP contribution in [0.25, 0.3) is 43.8 Å². The van der Waals surface area contributed by atoms with Gasteiger partial charge in [-0.05, 0) is 40.6 Å². The predicted molar refractivity (Wildman–Crippen MR) is 148 cm³/mol. The van der Waals surface area contributed by atoms with E-state index in [4.69, 9.17) is 0 Å². The SMILES string of the molecule is Cc1ccc2c(-c3ccccc3OS(=O)(=O)C(F)(F)F)c3ccccc3c(-c3ccccc3OS(=O)(=O)C(F)(F)F)c2c1. The molecule has 0 aliphatic rings. The van der Waals surface area contributed by atoms with Crippen molar-refractivity contribution >= 4 is 41.8 Å². The van der Waals surface area contributed by atoms with Crippen molar-refractivity contribution in [3.05, 3.63) is 96.6 Å². The van der Waals surface area contributed by atoms with E-state index in [1.165, 1.54) is 36.4 Å². The largest absolute Gasteiger partial charge is 0.534 e. The summed E-state index contributed by atoms with van der Waals surface area (Å²) < 4.78 is 136. The van der Waals surface area contributed by atoms with Crippen LogP contribution >= 0.6 is 0 Å². The summed E-state index contributed by atoms with van der Waals surface area (Å²) >= 11 is 0. The second-order valence-corrected chi connectivity index (χ2v) is 12.4. The van der Waals surface area contributed by atoms with Crippen molar-refractivity contribution < 1.29 is 51.5 Å². The van der Waals surface area contributed by atoms with E-state index in [1.807, 2.05) is 0 Å². The van der Waals surface area contributed by atoms with Crippen LogP contribution < -0.4 is 8.37 Å². The maximum atomic E-state index is 13.2. The molecule has 0 bridgehead atoms. The Morgan fingerprint density at radius 3 is 1.33 bits per heavy atom. The van der Waals surface area contributed by atoms with Crippen molar-refractivity contribution in [3.8, 4) is 33.8 Å². The van der Waals surface area contributed by atoms with Gasteiger partial charge in [0.2, 0.25) is 0 Å². The Balaban J connectivity index is 1.88. The molecule has 0 unspecified atom stereocenters. The van der Waals surface area contributed by atoms with Crippen LogP contribution in [0.3, 0.4) is 0 Å². The van der Waals surface area contributed by atoms with Gasteiger partial charge >= 0.3 is 31.3 Å². The Morgan fingerprint density at radius 2 is 0.884 bits per heavy atom. The second-order valence-electron chi connectivity index (χ2n) is 9.30. The van der Waals surface area contributed by atoms with Crippen LogP contribution in [0.5, 0.6) is 11.5 Å². The summed E-state index contributed by atoms with van der Waals surface area (Å²) in [6.07, 6.45) is 0. The number of aryl methyl sites for hydroxylation is 1. The van der Waals surface area contributed by atoms with Gasteiger partial charge in [-0.15, -0.1) is 0 Å². The third-order valence-electron chi connectivity index (χ3n) is 6.46. The van der Waals surface area contributed by atoms with Crippen molar-refractivity contribution in [1.82, 2.24) is 0 Å². The monoisotopic (exact) mass is 640 g/mol. The molecule has 6 nitrogen and oxygen atoms in total. The highest BCUT2D eigenvalue weighted by Crippen LogP contribution is 2.48. The number of hydrogen-bond acceptors (Lipinski definition) is 6. The van der Waals surface area contributed by atoms with Crippen LogP contribution in [-0.2, 0) is 20.2 Å². The summed E-state index contributed by atoms with van der Waals surface area (Å²) in [6.45, 7) is 1.72. The molecule has 5 aromatic rings. The number of halogens is 6. The first kappa shape index (κ1) is 30.2. The van der Waals surface area contributed by atoms with Crippen LogP contribution in [0, 0.1) is 6.92 Å². The molecule has 0 radical (unpaired) electrons. The number of para-hydroxylation sites is 2. The van der Waals surface area contributed by atoms with Gasteiger partial charge in [-0.2, -0.15) is 43.2 Å². The number of benzene rings is 5. The van der Waals surface area contributed by atoms with E-state index in [1.54, 1.807) is 49.4 Å². The molecule has 0 aliphatic heterocycles. The summed E-state index contributed by atoms with van der Waals surface area (Å²) in [5, 5.41) is 1.42. The minimum absolute atomic E-state index is 0.0159. The highest BCUT2D eigenvalue weighted by Gasteiger charge is 2.49. The fourth-order valence-corrected chi connectivity index (χ4v) is 5.65. The fraction of sp³-hybridized carbons (Fsp3) is 0.103. The molecule has 0 heterocycles. The normalized spacial score (nSPS) is 12.9. The highest BCUT2D eigenvalue weighted by molar-refractivity contribution is 7.88.